The standard InChI is InChI=1S/C12H18N4O/c1-9-8-14-12(15-9)13-7-6-10-4-3-5-11(16-10)17-2/h3-5,9H,6-8H2,1-2H3,(H2,13,14,15). The lowest BCUT2D eigenvalue weighted by Crippen LogP contribution is -2.38. The van der Waals surface area contributed by atoms with Crippen LogP contribution >= 0.6 is 0 Å². The van der Waals surface area contributed by atoms with E-state index in [2.05, 4.69) is 27.5 Å². The van der Waals surface area contributed by atoms with Crippen LogP contribution in [-0.2, 0) is 6.42 Å². The van der Waals surface area contributed by atoms with Crippen LogP contribution < -0.4 is 15.4 Å². The van der Waals surface area contributed by atoms with Crippen molar-refractivity contribution in [3.63, 3.8) is 0 Å². The minimum Gasteiger partial charge on any atom is -0.481 e. The molecule has 0 saturated heterocycles. The van der Waals surface area contributed by atoms with Gasteiger partial charge in [0.1, 0.15) is 0 Å². The molecular formula is C12H18N4O. The molecule has 1 atom stereocenters. The summed E-state index contributed by atoms with van der Waals surface area (Å²) in [4.78, 5) is 8.68. The van der Waals surface area contributed by atoms with Gasteiger partial charge in [0.25, 0.3) is 0 Å². The molecule has 1 aliphatic rings. The van der Waals surface area contributed by atoms with Crippen molar-refractivity contribution >= 4 is 5.96 Å². The third kappa shape index (κ3) is 3.34. The molecule has 0 saturated carbocycles. The second-order valence-electron chi connectivity index (χ2n) is 4.08. The average Bonchev–Trinajstić information content (AvgIpc) is 2.75. The van der Waals surface area contributed by atoms with Crippen LogP contribution in [0.5, 0.6) is 5.88 Å². The Hall–Kier alpha value is -1.78. The molecule has 2 heterocycles. The first kappa shape index (κ1) is 11.7. The molecule has 5 heteroatoms. The van der Waals surface area contributed by atoms with E-state index in [1.54, 1.807) is 7.11 Å². The maximum Gasteiger partial charge on any atom is 0.213 e. The van der Waals surface area contributed by atoms with Gasteiger partial charge in [0, 0.05) is 30.8 Å². The number of aliphatic imine (C=N–C) groups is 1. The van der Waals surface area contributed by atoms with E-state index in [0.29, 0.717) is 11.9 Å². The molecule has 2 N–H and O–H groups in total. The van der Waals surface area contributed by atoms with Crippen LogP contribution in [0.15, 0.2) is 23.2 Å². The predicted octanol–water partition coefficient (Wildman–Crippen LogP) is 0.570. The largest absolute Gasteiger partial charge is 0.481 e. The summed E-state index contributed by atoms with van der Waals surface area (Å²) in [5.41, 5.74) is 1.02. The first-order chi connectivity index (χ1) is 8.28. The average molecular weight is 234 g/mol. The topological polar surface area (TPSA) is 58.5 Å². The first-order valence-corrected chi connectivity index (χ1v) is 5.82. The normalized spacial score (nSPS) is 18.5. The number of hydrogen-bond acceptors (Lipinski definition) is 5. The van der Waals surface area contributed by atoms with Crippen LogP contribution in [0.3, 0.4) is 0 Å². The van der Waals surface area contributed by atoms with E-state index in [4.69, 9.17) is 4.74 Å². The van der Waals surface area contributed by atoms with Crippen molar-refractivity contribution in [1.82, 2.24) is 15.6 Å². The summed E-state index contributed by atoms with van der Waals surface area (Å²) in [6, 6.07) is 6.24. The number of ether oxygens (including phenoxy) is 1. The van der Waals surface area contributed by atoms with Crippen LogP contribution in [0.1, 0.15) is 12.6 Å². The summed E-state index contributed by atoms with van der Waals surface area (Å²) in [5, 5.41) is 6.51. The highest BCUT2D eigenvalue weighted by molar-refractivity contribution is 5.81. The van der Waals surface area contributed by atoms with Crippen molar-refractivity contribution in [2.75, 3.05) is 20.2 Å². The summed E-state index contributed by atoms with van der Waals surface area (Å²) >= 11 is 0. The van der Waals surface area contributed by atoms with Gasteiger partial charge < -0.3 is 15.4 Å². The zero-order valence-corrected chi connectivity index (χ0v) is 10.2. The summed E-state index contributed by atoms with van der Waals surface area (Å²) in [7, 11) is 1.63. The molecule has 1 aliphatic heterocycles. The zero-order chi connectivity index (χ0) is 12.1. The Morgan fingerprint density at radius 3 is 3.12 bits per heavy atom. The van der Waals surface area contributed by atoms with Crippen LogP contribution in [0.4, 0.5) is 0 Å². The minimum absolute atomic E-state index is 0.437. The molecule has 17 heavy (non-hydrogen) atoms. The highest BCUT2D eigenvalue weighted by Gasteiger charge is 2.11. The molecular weight excluding hydrogens is 216 g/mol. The van der Waals surface area contributed by atoms with Gasteiger partial charge in [-0.2, -0.15) is 0 Å². The van der Waals surface area contributed by atoms with Gasteiger partial charge in [0.2, 0.25) is 5.88 Å². The smallest absolute Gasteiger partial charge is 0.213 e. The Morgan fingerprint density at radius 2 is 2.41 bits per heavy atom. The van der Waals surface area contributed by atoms with E-state index in [1.807, 2.05) is 18.2 Å². The Balaban J connectivity index is 1.78. The van der Waals surface area contributed by atoms with Gasteiger partial charge >= 0.3 is 0 Å². The van der Waals surface area contributed by atoms with Crippen molar-refractivity contribution in [2.24, 2.45) is 4.99 Å². The molecule has 0 spiro atoms. The fourth-order valence-electron chi connectivity index (χ4n) is 1.68. The van der Waals surface area contributed by atoms with Crippen molar-refractivity contribution in [1.29, 1.82) is 0 Å². The van der Waals surface area contributed by atoms with Crippen molar-refractivity contribution in [2.45, 2.75) is 19.4 Å². The summed E-state index contributed by atoms with van der Waals surface area (Å²) in [5.74, 6) is 1.55. The molecule has 0 aliphatic carbocycles. The molecule has 0 amide bonds. The van der Waals surface area contributed by atoms with Crippen molar-refractivity contribution in [3.05, 3.63) is 23.9 Å². The zero-order valence-electron chi connectivity index (χ0n) is 10.2. The van der Waals surface area contributed by atoms with Gasteiger partial charge in [-0.25, -0.2) is 4.98 Å². The number of pyridine rings is 1. The lowest BCUT2D eigenvalue weighted by Gasteiger charge is -2.08. The van der Waals surface area contributed by atoms with Crippen molar-refractivity contribution < 1.29 is 4.74 Å². The molecule has 0 radical (unpaired) electrons. The molecule has 0 aromatic carbocycles. The summed E-state index contributed by atoms with van der Waals surface area (Å²) in [6.45, 7) is 3.78. The monoisotopic (exact) mass is 234 g/mol. The van der Waals surface area contributed by atoms with E-state index in [9.17, 15) is 0 Å². The van der Waals surface area contributed by atoms with Gasteiger partial charge in [0.15, 0.2) is 5.96 Å². The second-order valence-corrected chi connectivity index (χ2v) is 4.08. The molecule has 1 aromatic rings. The highest BCUT2D eigenvalue weighted by atomic mass is 16.5. The maximum atomic E-state index is 5.08. The molecule has 0 bridgehead atoms. The Kier molecular flexibility index (Phi) is 3.80. The first-order valence-electron chi connectivity index (χ1n) is 5.82. The van der Waals surface area contributed by atoms with E-state index in [1.165, 1.54) is 0 Å². The van der Waals surface area contributed by atoms with Gasteiger partial charge in [0.05, 0.1) is 13.7 Å². The molecule has 1 aromatic heterocycles. The summed E-state index contributed by atoms with van der Waals surface area (Å²) < 4.78 is 5.08. The van der Waals surface area contributed by atoms with E-state index in [-0.39, 0.29) is 0 Å². The van der Waals surface area contributed by atoms with Gasteiger partial charge in [-0.15, -0.1) is 0 Å². The van der Waals surface area contributed by atoms with Crippen LogP contribution in [0, 0.1) is 0 Å². The number of nitrogens with one attached hydrogen (secondary N) is 2. The molecule has 92 valence electrons. The number of hydrogen-bond donors (Lipinski definition) is 2. The fourth-order valence-corrected chi connectivity index (χ4v) is 1.68. The number of nitrogens with zero attached hydrogens (tertiary/aromatic N) is 2. The number of rotatable bonds is 4. The molecule has 2 rings (SSSR count). The van der Waals surface area contributed by atoms with E-state index >= 15 is 0 Å². The Labute approximate surface area is 101 Å². The van der Waals surface area contributed by atoms with Crippen molar-refractivity contribution in [3.8, 4) is 5.88 Å². The number of aromatic nitrogens is 1. The SMILES string of the molecule is COc1cccc(CCNC2=NCC(C)N2)n1. The van der Waals surface area contributed by atoms with Crippen LogP contribution in [0.25, 0.3) is 0 Å². The number of methoxy groups -OCH3 is 1. The fraction of sp³-hybridized carbons (Fsp3) is 0.500. The van der Waals surface area contributed by atoms with Crippen LogP contribution in [0.2, 0.25) is 0 Å². The van der Waals surface area contributed by atoms with Gasteiger partial charge in [-0.3, -0.25) is 4.99 Å². The second kappa shape index (κ2) is 5.52. The van der Waals surface area contributed by atoms with E-state index in [0.717, 1.165) is 31.2 Å². The van der Waals surface area contributed by atoms with E-state index < -0.39 is 0 Å². The Bertz CT molecular complexity index is 405. The lowest BCUT2D eigenvalue weighted by molar-refractivity contribution is 0.396. The quantitative estimate of drug-likeness (QED) is 0.799. The number of guanidine groups is 1. The highest BCUT2D eigenvalue weighted by Crippen LogP contribution is 2.06. The van der Waals surface area contributed by atoms with Gasteiger partial charge in [-0.1, -0.05) is 6.07 Å². The molecule has 0 fully saturated rings. The molecule has 5 nitrogen and oxygen atoms in total. The lowest BCUT2D eigenvalue weighted by atomic mass is 10.3. The van der Waals surface area contributed by atoms with Gasteiger partial charge in [-0.05, 0) is 13.0 Å². The Morgan fingerprint density at radius 1 is 1.53 bits per heavy atom. The third-order valence-corrected chi connectivity index (χ3v) is 2.57. The maximum absolute atomic E-state index is 5.08. The predicted molar refractivity (Wildman–Crippen MR) is 67.4 cm³/mol. The molecule has 1 unspecified atom stereocenters. The summed E-state index contributed by atoms with van der Waals surface area (Å²) in [6.07, 6.45) is 0.853. The minimum atomic E-state index is 0.437. The van der Waals surface area contributed by atoms with Crippen LogP contribution in [-0.4, -0.2) is 37.2 Å². The third-order valence-electron chi connectivity index (χ3n) is 2.57.